The Kier molecular flexibility index (Phi) is 4.86. The highest BCUT2D eigenvalue weighted by atomic mass is 19.3. The molecule has 1 aromatic heterocycles. The van der Waals surface area contributed by atoms with Gasteiger partial charge in [-0.15, -0.1) is 0 Å². The lowest BCUT2D eigenvalue weighted by atomic mass is 9.85. The van der Waals surface area contributed by atoms with E-state index in [2.05, 4.69) is 10.4 Å². The van der Waals surface area contributed by atoms with Crippen LogP contribution in [0.15, 0.2) is 6.07 Å². The molecule has 4 heterocycles. The highest BCUT2D eigenvalue weighted by Crippen LogP contribution is 2.36. The number of amides is 1. The molecule has 144 valence electrons. The number of likely N-dealkylation sites (tertiary alicyclic amines) is 1. The fourth-order valence-electron chi connectivity index (χ4n) is 4.52. The molecular formula is C18H26F2N4O2. The first-order chi connectivity index (χ1) is 12.5. The van der Waals surface area contributed by atoms with Crippen LogP contribution in [0.1, 0.15) is 43.8 Å². The van der Waals surface area contributed by atoms with Crippen LogP contribution in [0.25, 0.3) is 0 Å². The molecule has 0 bridgehead atoms. The van der Waals surface area contributed by atoms with E-state index in [1.54, 1.807) is 0 Å². The lowest BCUT2D eigenvalue weighted by Crippen LogP contribution is -2.50. The summed E-state index contributed by atoms with van der Waals surface area (Å²) in [5.74, 6) is 0.889. The molecule has 0 unspecified atom stereocenters. The molecular weight excluding hydrogens is 342 g/mol. The van der Waals surface area contributed by atoms with Gasteiger partial charge < -0.3 is 15.0 Å². The van der Waals surface area contributed by atoms with Crippen molar-refractivity contribution in [2.24, 2.45) is 5.92 Å². The number of aryl methyl sites for hydroxylation is 1. The predicted molar refractivity (Wildman–Crippen MR) is 92.3 cm³/mol. The highest BCUT2D eigenvalue weighted by Gasteiger charge is 2.39. The second-order valence-electron chi connectivity index (χ2n) is 7.69. The minimum atomic E-state index is -2.45. The molecule has 3 aliphatic rings. The molecule has 3 aliphatic heterocycles. The maximum absolute atomic E-state index is 13.6. The second kappa shape index (κ2) is 7.13. The van der Waals surface area contributed by atoms with E-state index < -0.39 is 12.5 Å². The maximum Gasteiger partial charge on any atom is 0.260 e. The van der Waals surface area contributed by atoms with Gasteiger partial charge in [0.1, 0.15) is 18.0 Å². The molecule has 2 fully saturated rings. The Morgan fingerprint density at radius 2 is 2.23 bits per heavy atom. The van der Waals surface area contributed by atoms with Gasteiger partial charge in [-0.3, -0.25) is 4.79 Å². The number of aromatic nitrogens is 2. The van der Waals surface area contributed by atoms with Gasteiger partial charge in [-0.25, -0.2) is 13.5 Å². The number of nitrogens with zero attached hydrogens (tertiary/aromatic N) is 3. The third-order valence-corrected chi connectivity index (χ3v) is 5.84. The number of hydrogen-bond acceptors (Lipinski definition) is 4. The summed E-state index contributed by atoms with van der Waals surface area (Å²) < 4.78 is 34.1. The summed E-state index contributed by atoms with van der Waals surface area (Å²) in [5, 5.41) is 7.62. The predicted octanol–water partition coefficient (Wildman–Crippen LogP) is 2.60. The van der Waals surface area contributed by atoms with Crippen molar-refractivity contribution in [1.82, 2.24) is 14.7 Å². The van der Waals surface area contributed by atoms with E-state index in [9.17, 15) is 13.6 Å². The van der Waals surface area contributed by atoms with Gasteiger partial charge in [0.25, 0.3) is 12.3 Å². The molecule has 2 saturated heterocycles. The summed E-state index contributed by atoms with van der Waals surface area (Å²) in [5.41, 5.74) is 0.734. The van der Waals surface area contributed by atoms with Gasteiger partial charge in [-0.2, -0.15) is 5.10 Å². The van der Waals surface area contributed by atoms with Crippen molar-refractivity contribution in [1.29, 1.82) is 0 Å². The minimum absolute atomic E-state index is 0.0642. The molecule has 0 aliphatic carbocycles. The van der Waals surface area contributed by atoms with Crippen molar-refractivity contribution in [2.75, 3.05) is 25.0 Å². The fourth-order valence-corrected chi connectivity index (χ4v) is 4.52. The van der Waals surface area contributed by atoms with Crippen LogP contribution < -0.4 is 5.32 Å². The lowest BCUT2D eigenvalue weighted by Gasteiger charge is -2.41. The van der Waals surface area contributed by atoms with Crippen LogP contribution in [0.5, 0.6) is 0 Å². The van der Waals surface area contributed by atoms with Crippen LogP contribution in [0, 0.1) is 12.8 Å². The average Bonchev–Trinajstić information content (AvgIpc) is 3.28. The SMILES string of the molecule is Cc1cc2n(n1)[C@@H](C(F)F)C[C@@H]([C@H]1CCCN(C(=O)[C@H]3CCCO3)C1)N2. The topological polar surface area (TPSA) is 59.4 Å². The van der Waals surface area contributed by atoms with Crippen LogP contribution in [0.4, 0.5) is 14.6 Å². The number of anilines is 1. The fraction of sp³-hybridized carbons (Fsp3) is 0.778. The van der Waals surface area contributed by atoms with Gasteiger partial charge in [0.05, 0.1) is 5.69 Å². The van der Waals surface area contributed by atoms with E-state index in [0.717, 1.165) is 37.9 Å². The summed E-state index contributed by atoms with van der Waals surface area (Å²) in [6.45, 7) is 3.81. The number of ether oxygens (including phenoxy) is 1. The third-order valence-electron chi connectivity index (χ3n) is 5.84. The average molecular weight is 368 g/mol. The number of rotatable bonds is 3. The largest absolute Gasteiger partial charge is 0.368 e. The van der Waals surface area contributed by atoms with E-state index in [0.29, 0.717) is 25.4 Å². The Balaban J connectivity index is 1.47. The summed E-state index contributed by atoms with van der Waals surface area (Å²) in [6.07, 6.45) is 1.12. The summed E-state index contributed by atoms with van der Waals surface area (Å²) >= 11 is 0. The van der Waals surface area contributed by atoms with Crippen LogP contribution in [-0.4, -0.2) is 58.9 Å². The van der Waals surface area contributed by atoms with Gasteiger partial charge in [0.2, 0.25) is 0 Å². The van der Waals surface area contributed by atoms with Crippen LogP contribution in [0.3, 0.4) is 0 Å². The highest BCUT2D eigenvalue weighted by molar-refractivity contribution is 5.81. The molecule has 4 rings (SSSR count). The van der Waals surface area contributed by atoms with Crippen molar-refractivity contribution < 1.29 is 18.3 Å². The number of carbonyl (C=O) groups is 1. The number of alkyl halides is 2. The summed E-state index contributed by atoms with van der Waals surface area (Å²) in [4.78, 5) is 14.5. The number of fused-ring (bicyclic) bond motifs is 1. The zero-order valence-electron chi connectivity index (χ0n) is 15.0. The van der Waals surface area contributed by atoms with Crippen LogP contribution >= 0.6 is 0 Å². The van der Waals surface area contributed by atoms with Gasteiger partial charge in [-0.1, -0.05) is 0 Å². The van der Waals surface area contributed by atoms with E-state index >= 15 is 0 Å². The standard InChI is InChI=1S/C18H26F2N4O2/c1-11-8-16-21-13(9-14(17(19)20)24(16)22-11)12-4-2-6-23(10-12)18(25)15-5-3-7-26-15/h8,12-15,17,21H,2-7,9-10H2,1H3/t12-,13-,14+,15+/m0/s1. The van der Waals surface area contributed by atoms with Crippen LogP contribution in [0.2, 0.25) is 0 Å². The van der Waals surface area contributed by atoms with E-state index in [-0.39, 0.29) is 24.0 Å². The number of piperidine rings is 1. The molecule has 1 amide bonds. The molecule has 1 aromatic rings. The number of halogens is 2. The van der Waals surface area contributed by atoms with Crippen molar-refractivity contribution in [3.8, 4) is 0 Å². The summed E-state index contributed by atoms with van der Waals surface area (Å²) in [6, 6.07) is 0.839. The first-order valence-corrected chi connectivity index (χ1v) is 9.54. The minimum Gasteiger partial charge on any atom is -0.368 e. The molecule has 6 nitrogen and oxygen atoms in total. The Hall–Kier alpha value is -1.70. The smallest absolute Gasteiger partial charge is 0.260 e. The lowest BCUT2D eigenvalue weighted by molar-refractivity contribution is -0.143. The summed E-state index contributed by atoms with van der Waals surface area (Å²) in [7, 11) is 0. The molecule has 8 heteroatoms. The van der Waals surface area contributed by atoms with Gasteiger partial charge in [0, 0.05) is 31.8 Å². The molecule has 1 N–H and O–H groups in total. The Morgan fingerprint density at radius 1 is 1.38 bits per heavy atom. The monoisotopic (exact) mass is 368 g/mol. The molecule has 0 saturated carbocycles. The van der Waals surface area contributed by atoms with Gasteiger partial charge in [0.15, 0.2) is 0 Å². The van der Waals surface area contributed by atoms with Crippen molar-refractivity contribution >= 4 is 11.7 Å². The Bertz CT molecular complexity index is 660. The maximum atomic E-state index is 13.6. The second-order valence-corrected chi connectivity index (χ2v) is 7.69. The van der Waals surface area contributed by atoms with Gasteiger partial charge in [-0.05, 0) is 44.9 Å². The molecule has 26 heavy (non-hydrogen) atoms. The molecule has 0 radical (unpaired) electrons. The van der Waals surface area contributed by atoms with E-state index in [4.69, 9.17) is 4.74 Å². The normalized spacial score (nSPS) is 31.8. The first kappa shape index (κ1) is 17.7. The van der Waals surface area contributed by atoms with Crippen LogP contribution in [-0.2, 0) is 9.53 Å². The Morgan fingerprint density at radius 3 is 2.96 bits per heavy atom. The number of hydrogen-bond donors (Lipinski definition) is 1. The van der Waals surface area contributed by atoms with Crippen molar-refractivity contribution in [3.05, 3.63) is 11.8 Å². The molecule has 0 aromatic carbocycles. The van der Waals surface area contributed by atoms with E-state index in [1.165, 1.54) is 4.68 Å². The quantitative estimate of drug-likeness (QED) is 0.891. The zero-order valence-corrected chi connectivity index (χ0v) is 15.0. The van der Waals surface area contributed by atoms with Gasteiger partial charge >= 0.3 is 0 Å². The van der Waals surface area contributed by atoms with Crippen molar-refractivity contribution in [3.63, 3.8) is 0 Å². The zero-order chi connectivity index (χ0) is 18.3. The number of carbonyl (C=O) groups excluding carboxylic acids is 1. The first-order valence-electron chi connectivity index (χ1n) is 9.54. The Labute approximate surface area is 151 Å². The number of nitrogens with one attached hydrogen (secondary N) is 1. The molecule has 0 spiro atoms. The van der Waals surface area contributed by atoms with E-state index in [1.807, 2.05) is 17.9 Å². The molecule has 4 atom stereocenters. The van der Waals surface area contributed by atoms with Crippen molar-refractivity contribution in [2.45, 2.75) is 63.6 Å². The third kappa shape index (κ3) is 3.31.